The molecule has 1 aromatic carbocycles. The zero-order chi connectivity index (χ0) is 15.3. The van der Waals surface area contributed by atoms with Gasteiger partial charge in [0.2, 0.25) is 10.0 Å². The summed E-state index contributed by atoms with van der Waals surface area (Å²) in [7, 11) is -3.16. The molecule has 0 spiro atoms. The van der Waals surface area contributed by atoms with Crippen LogP contribution in [0.4, 0.5) is 0 Å². The molecule has 0 amide bonds. The van der Waals surface area contributed by atoms with E-state index in [4.69, 9.17) is 16.3 Å². The minimum atomic E-state index is -3.16. The zero-order valence-corrected chi connectivity index (χ0v) is 13.8. The smallest absolute Gasteiger partial charge is 0.211 e. The van der Waals surface area contributed by atoms with Gasteiger partial charge in [-0.2, -0.15) is 0 Å². The Balaban J connectivity index is 1.94. The van der Waals surface area contributed by atoms with E-state index in [-0.39, 0.29) is 17.7 Å². The lowest BCUT2D eigenvalue weighted by Gasteiger charge is -2.31. The van der Waals surface area contributed by atoms with Gasteiger partial charge >= 0.3 is 0 Å². The number of benzene rings is 1. The number of hydrogen-bond acceptors (Lipinski definition) is 3. The van der Waals surface area contributed by atoms with Crippen LogP contribution in [0.2, 0.25) is 5.02 Å². The van der Waals surface area contributed by atoms with E-state index in [0.29, 0.717) is 11.6 Å². The van der Waals surface area contributed by atoms with Crippen LogP contribution in [-0.4, -0.2) is 26.8 Å². The van der Waals surface area contributed by atoms with Gasteiger partial charge in [-0.3, -0.25) is 0 Å². The summed E-state index contributed by atoms with van der Waals surface area (Å²) < 4.78 is 32.1. The molecule has 2 unspecified atom stereocenters. The highest BCUT2D eigenvalue weighted by Gasteiger charge is 2.28. The molecule has 0 radical (unpaired) electrons. The number of sulfonamides is 1. The first-order valence-electron chi connectivity index (χ1n) is 7.38. The Labute approximate surface area is 131 Å². The van der Waals surface area contributed by atoms with Crippen molar-refractivity contribution in [2.45, 2.75) is 38.6 Å². The Morgan fingerprint density at radius 3 is 2.57 bits per heavy atom. The summed E-state index contributed by atoms with van der Waals surface area (Å²) in [4.78, 5) is 0. The highest BCUT2D eigenvalue weighted by molar-refractivity contribution is 7.89. The Hall–Kier alpha value is -0.780. The molecule has 1 fully saturated rings. The van der Waals surface area contributed by atoms with Gasteiger partial charge in [0, 0.05) is 17.0 Å². The van der Waals surface area contributed by atoms with Crippen LogP contribution in [0.3, 0.4) is 0 Å². The quantitative estimate of drug-likeness (QED) is 0.870. The Bertz CT molecular complexity index is 545. The number of rotatable bonds is 6. The molecule has 1 aliphatic rings. The summed E-state index contributed by atoms with van der Waals surface area (Å²) in [5, 5.41) is 0.675. The summed E-state index contributed by atoms with van der Waals surface area (Å²) in [5.41, 5.74) is 0. The Morgan fingerprint density at radius 2 is 1.90 bits per heavy atom. The van der Waals surface area contributed by atoms with E-state index in [0.717, 1.165) is 31.4 Å². The molecule has 2 atom stereocenters. The lowest BCUT2D eigenvalue weighted by atomic mass is 9.86. The van der Waals surface area contributed by atoms with Crippen LogP contribution < -0.4 is 9.46 Å². The number of hydrogen-bond donors (Lipinski definition) is 1. The van der Waals surface area contributed by atoms with Crippen LogP contribution in [0, 0.1) is 5.92 Å². The van der Waals surface area contributed by atoms with Crippen LogP contribution in [0.15, 0.2) is 24.3 Å². The van der Waals surface area contributed by atoms with Gasteiger partial charge in [0.25, 0.3) is 0 Å². The van der Waals surface area contributed by atoms with Gasteiger partial charge in [0.15, 0.2) is 0 Å². The van der Waals surface area contributed by atoms with Crippen LogP contribution in [0.5, 0.6) is 5.75 Å². The van der Waals surface area contributed by atoms with Gasteiger partial charge in [0.05, 0.1) is 12.4 Å². The largest absolute Gasteiger partial charge is 0.493 e. The fourth-order valence-corrected chi connectivity index (χ4v) is 3.67. The lowest BCUT2D eigenvalue weighted by molar-refractivity contribution is 0.180. The van der Waals surface area contributed by atoms with E-state index in [1.807, 2.05) is 12.1 Å². The lowest BCUT2D eigenvalue weighted by Crippen LogP contribution is -2.44. The molecule has 0 saturated heterocycles. The second-order valence-corrected chi connectivity index (χ2v) is 7.92. The number of ether oxygens (including phenoxy) is 1. The van der Waals surface area contributed by atoms with Crippen molar-refractivity contribution in [2.75, 3.05) is 12.4 Å². The number of halogens is 1. The summed E-state index contributed by atoms with van der Waals surface area (Å²) in [6.45, 7) is 2.18. The molecule has 4 nitrogen and oxygen atoms in total. The molecular formula is C15H22ClNO3S. The van der Waals surface area contributed by atoms with Crippen LogP contribution in [-0.2, 0) is 10.0 Å². The summed E-state index contributed by atoms with van der Waals surface area (Å²) >= 11 is 5.84. The van der Waals surface area contributed by atoms with E-state index >= 15 is 0 Å². The first-order chi connectivity index (χ1) is 10.00. The average Bonchev–Trinajstić information content (AvgIpc) is 2.48. The fourth-order valence-electron chi connectivity index (χ4n) is 2.61. The summed E-state index contributed by atoms with van der Waals surface area (Å²) in [6, 6.07) is 7.22. The van der Waals surface area contributed by atoms with E-state index in [1.54, 1.807) is 19.1 Å². The van der Waals surface area contributed by atoms with Crippen molar-refractivity contribution in [3.63, 3.8) is 0 Å². The fraction of sp³-hybridized carbons (Fsp3) is 0.600. The van der Waals surface area contributed by atoms with Crippen LogP contribution in [0.1, 0.15) is 32.6 Å². The summed E-state index contributed by atoms with van der Waals surface area (Å²) in [5.74, 6) is 1.10. The van der Waals surface area contributed by atoms with Crippen molar-refractivity contribution in [3.05, 3.63) is 29.3 Å². The molecule has 1 N–H and O–H groups in total. The third kappa shape index (κ3) is 5.16. The highest BCUT2D eigenvalue weighted by atomic mass is 35.5. The van der Waals surface area contributed by atoms with Crippen molar-refractivity contribution >= 4 is 21.6 Å². The standard InChI is InChI=1S/C15H22ClNO3S/c1-2-21(18,19)17-15-6-4-3-5-12(15)11-20-14-9-7-13(16)8-10-14/h7-10,12,15,17H,2-6,11H2,1H3. The maximum absolute atomic E-state index is 11.8. The van der Waals surface area contributed by atoms with Crippen molar-refractivity contribution < 1.29 is 13.2 Å². The van der Waals surface area contributed by atoms with Crippen molar-refractivity contribution in [2.24, 2.45) is 5.92 Å². The Kier molecular flexibility index (Phi) is 5.90. The van der Waals surface area contributed by atoms with E-state index in [9.17, 15) is 8.42 Å². The molecule has 0 aliphatic heterocycles. The molecule has 1 saturated carbocycles. The first-order valence-corrected chi connectivity index (χ1v) is 9.41. The normalized spacial score (nSPS) is 23.0. The molecule has 0 aromatic heterocycles. The summed E-state index contributed by atoms with van der Waals surface area (Å²) in [6.07, 6.45) is 4.06. The average molecular weight is 332 g/mol. The Morgan fingerprint density at radius 1 is 1.24 bits per heavy atom. The number of nitrogens with one attached hydrogen (secondary N) is 1. The molecule has 1 aliphatic carbocycles. The molecule has 0 bridgehead atoms. The molecule has 118 valence electrons. The molecule has 1 aromatic rings. The van der Waals surface area contributed by atoms with Crippen LogP contribution >= 0.6 is 11.6 Å². The second kappa shape index (κ2) is 7.47. The zero-order valence-electron chi connectivity index (χ0n) is 12.2. The first kappa shape index (κ1) is 16.6. The third-order valence-electron chi connectivity index (χ3n) is 3.90. The van der Waals surface area contributed by atoms with Gasteiger partial charge in [0.1, 0.15) is 5.75 Å². The van der Waals surface area contributed by atoms with Gasteiger partial charge in [-0.25, -0.2) is 13.1 Å². The molecule has 6 heteroatoms. The van der Waals surface area contributed by atoms with Gasteiger partial charge in [-0.1, -0.05) is 24.4 Å². The minimum absolute atomic E-state index is 0.0176. The van der Waals surface area contributed by atoms with Gasteiger partial charge in [-0.15, -0.1) is 0 Å². The topological polar surface area (TPSA) is 55.4 Å². The second-order valence-electron chi connectivity index (χ2n) is 5.44. The monoisotopic (exact) mass is 331 g/mol. The van der Waals surface area contributed by atoms with Crippen LogP contribution in [0.25, 0.3) is 0 Å². The van der Waals surface area contributed by atoms with Gasteiger partial charge < -0.3 is 4.74 Å². The van der Waals surface area contributed by atoms with Gasteiger partial charge in [-0.05, 0) is 44.0 Å². The third-order valence-corrected chi connectivity index (χ3v) is 5.57. The highest BCUT2D eigenvalue weighted by Crippen LogP contribution is 2.26. The molecule has 0 heterocycles. The maximum Gasteiger partial charge on any atom is 0.211 e. The SMILES string of the molecule is CCS(=O)(=O)NC1CCCCC1COc1ccc(Cl)cc1. The minimum Gasteiger partial charge on any atom is -0.493 e. The van der Waals surface area contributed by atoms with E-state index < -0.39 is 10.0 Å². The molecular weight excluding hydrogens is 310 g/mol. The maximum atomic E-state index is 11.8. The molecule has 21 heavy (non-hydrogen) atoms. The molecule has 2 rings (SSSR count). The van der Waals surface area contributed by atoms with Crippen molar-refractivity contribution in [1.29, 1.82) is 0 Å². The van der Waals surface area contributed by atoms with Crippen molar-refractivity contribution in [1.82, 2.24) is 4.72 Å². The predicted molar refractivity (Wildman–Crippen MR) is 85.3 cm³/mol. The van der Waals surface area contributed by atoms with Crippen molar-refractivity contribution in [3.8, 4) is 5.75 Å². The van der Waals surface area contributed by atoms with E-state index in [2.05, 4.69) is 4.72 Å². The van der Waals surface area contributed by atoms with E-state index in [1.165, 1.54) is 0 Å². The predicted octanol–water partition coefficient (Wildman–Crippen LogP) is 3.22.